The van der Waals surface area contributed by atoms with Gasteiger partial charge >= 0.3 is 0 Å². The number of thioether (sulfide) groups is 1. The number of nitrogens with two attached hydrogens (primary N) is 1. The Labute approximate surface area is 105 Å². The van der Waals surface area contributed by atoms with Crippen LogP contribution in [0.4, 0.5) is 5.69 Å². The Morgan fingerprint density at radius 3 is 2.88 bits per heavy atom. The molecule has 0 saturated carbocycles. The van der Waals surface area contributed by atoms with Crippen LogP contribution in [0.3, 0.4) is 0 Å². The molecule has 92 valence electrons. The average molecular weight is 252 g/mol. The number of aliphatic hydroxyl groups is 1. The predicted molar refractivity (Wildman–Crippen MR) is 69.0 cm³/mol. The van der Waals surface area contributed by atoms with Crippen molar-refractivity contribution in [2.24, 2.45) is 5.73 Å². The third-order valence-electron chi connectivity index (χ3n) is 2.77. The highest BCUT2D eigenvalue weighted by Gasteiger charge is 2.24. The Morgan fingerprint density at radius 2 is 2.24 bits per heavy atom. The molecule has 17 heavy (non-hydrogen) atoms. The molecule has 0 radical (unpaired) electrons. The standard InChI is InChI=1S/C12H16N2O2S/c1-6(13)11(15)8-3-4-10-9(5-8)14-12(16)7(2)17-10/h3-7,11,15H,13H2,1-2H3,(H,14,16). The summed E-state index contributed by atoms with van der Waals surface area (Å²) >= 11 is 1.52. The van der Waals surface area contributed by atoms with Crippen molar-refractivity contribution in [3.05, 3.63) is 23.8 Å². The number of amides is 1. The van der Waals surface area contributed by atoms with Crippen molar-refractivity contribution in [1.82, 2.24) is 0 Å². The minimum absolute atomic E-state index is 0.00469. The maximum atomic E-state index is 11.6. The Hall–Kier alpha value is -1.04. The van der Waals surface area contributed by atoms with E-state index in [1.54, 1.807) is 13.0 Å². The maximum absolute atomic E-state index is 11.6. The molecule has 2 rings (SSSR count). The molecule has 0 aromatic heterocycles. The minimum Gasteiger partial charge on any atom is -0.387 e. The number of rotatable bonds is 2. The summed E-state index contributed by atoms with van der Waals surface area (Å²) in [6, 6.07) is 5.22. The molecule has 0 bridgehead atoms. The van der Waals surface area contributed by atoms with E-state index in [0.717, 1.165) is 16.1 Å². The predicted octanol–water partition coefficient (Wildman–Crippen LogP) is 1.50. The number of hydrogen-bond donors (Lipinski definition) is 3. The number of carbonyl (C=O) groups is 1. The van der Waals surface area contributed by atoms with Crippen LogP contribution in [0, 0.1) is 0 Å². The summed E-state index contributed by atoms with van der Waals surface area (Å²) in [6.07, 6.45) is -0.707. The van der Waals surface area contributed by atoms with Gasteiger partial charge in [0.05, 0.1) is 17.0 Å². The lowest BCUT2D eigenvalue weighted by Crippen LogP contribution is -2.27. The van der Waals surface area contributed by atoms with E-state index >= 15 is 0 Å². The third-order valence-corrected chi connectivity index (χ3v) is 3.95. The second-order valence-corrected chi connectivity index (χ2v) is 5.69. The lowest BCUT2D eigenvalue weighted by molar-refractivity contribution is -0.115. The first kappa shape index (κ1) is 12.4. The van der Waals surface area contributed by atoms with Crippen LogP contribution in [0.1, 0.15) is 25.5 Å². The number of nitrogens with one attached hydrogen (secondary N) is 1. The van der Waals surface area contributed by atoms with Crippen LogP contribution >= 0.6 is 11.8 Å². The van der Waals surface area contributed by atoms with Gasteiger partial charge in [-0.05, 0) is 31.5 Å². The van der Waals surface area contributed by atoms with E-state index in [0.29, 0.717) is 0 Å². The lowest BCUT2D eigenvalue weighted by atomic mass is 10.0. The van der Waals surface area contributed by atoms with E-state index in [1.807, 2.05) is 19.1 Å². The quantitative estimate of drug-likeness (QED) is 0.745. The van der Waals surface area contributed by atoms with Crippen LogP contribution in [0.2, 0.25) is 0 Å². The van der Waals surface area contributed by atoms with Gasteiger partial charge in [0, 0.05) is 10.9 Å². The summed E-state index contributed by atoms with van der Waals surface area (Å²) in [5.74, 6) is -0.00469. The van der Waals surface area contributed by atoms with Crippen LogP contribution in [0.25, 0.3) is 0 Å². The molecule has 1 heterocycles. The van der Waals surface area contributed by atoms with Crippen LogP contribution in [0.5, 0.6) is 0 Å². The Bertz CT molecular complexity index is 448. The van der Waals surface area contributed by atoms with Crippen molar-refractivity contribution >= 4 is 23.4 Å². The molecule has 4 nitrogen and oxygen atoms in total. The number of carbonyl (C=O) groups excluding carboxylic acids is 1. The molecule has 3 unspecified atom stereocenters. The first-order valence-electron chi connectivity index (χ1n) is 5.54. The van der Waals surface area contributed by atoms with Crippen molar-refractivity contribution in [2.45, 2.75) is 36.1 Å². The molecule has 5 heteroatoms. The average Bonchev–Trinajstić information content (AvgIpc) is 2.29. The molecule has 1 aliphatic heterocycles. The van der Waals surface area contributed by atoms with Gasteiger partial charge in [-0.3, -0.25) is 4.79 Å². The summed E-state index contributed by atoms with van der Waals surface area (Å²) in [5.41, 5.74) is 7.14. The van der Waals surface area contributed by atoms with E-state index in [4.69, 9.17) is 5.73 Å². The normalized spacial score (nSPS) is 22.6. The van der Waals surface area contributed by atoms with Crippen molar-refractivity contribution in [1.29, 1.82) is 0 Å². The summed E-state index contributed by atoms with van der Waals surface area (Å²) in [5, 5.41) is 12.6. The molecule has 3 atom stereocenters. The molecule has 4 N–H and O–H groups in total. The molecule has 1 aliphatic rings. The minimum atomic E-state index is -0.707. The first-order valence-corrected chi connectivity index (χ1v) is 6.42. The fraction of sp³-hybridized carbons (Fsp3) is 0.417. The maximum Gasteiger partial charge on any atom is 0.237 e. The molecule has 0 fully saturated rings. The number of benzene rings is 1. The smallest absolute Gasteiger partial charge is 0.237 e. The van der Waals surface area contributed by atoms with E-state index in [1.165, 1.54) is 11.8 Å². The largest absolute Gasteiger partial charge is 0.387 e. The fourth-order valence-corrected chi connectivity index (χ4v) is 2.64. The van der Waals surface area contributed by atoms with Gasteiger partial charge in [0.1, 0.15) is 0 Å². The molecule has 0 saturated heterocycles. The monoisotopic (exact) mass is 252 g/mol. The molecular formula is C12H16N2O2S. The number of aliphatic hydroxyl groups excluding tert-OH is 1. The SMILES string of the molecule is CC1Sc2ccc(C(O)C(C)N)cc2NC1=O. The molecule has 1 aromatic carbocycles. The number of anilines is 1. The highest BCUT2D eigenvalue weighted by Crippen LogP contribution is 2.37. The summed E-state index contributed by atoms with van der Waals surface area (Å²) in [4.78, 5) is 12.6. The van der Waals surface area contributed by atoms with Crippen molar-refractivity contribution in [2.75, 3.05) is 5.32 Å². The topological polar surface area (TPSA) is 75.3 Å². The molecule has 1 aromatic rings. The van der Waals surface area contributed by atoms with Crippen molar-refractivity contribution in [3.8, 4) is 0 Å². The second kappa shape index (κ2) is 4.68. The van der Waals surface area contributed by atoms with E-state index in [-0.39, 0.29) is 17.2 Å². The van der Waals surface area contributed by atoms with E-state index < -0.39 is 6.10 Å². The zero-order valence-electron chi connectivity index (χ0n) is 9.81. The van der Waals surface area contributed by atoms with Crippen LogP contribution in [-0.4, -0.2) is 22.3 Å². The van der Waals surface area contributed by atoms with Gasteiger partial charge in [0.15, 0.2) is 0 Å². The van der Waals surface area contributed by atoms with Gasteiger partial charge in [-0.25, -0.2) is 0 Å². The summed E-state index contributed by atoms with van der Waals surface area (Å²) in [7, 11) is 0. The molecule has 0 spiro atoms. The summed E-state index contributed by atoms with van der Waals surface area (Å²) < 4.78 is 0. The zero-order valence-corrected chi connectivity index (χ0v) is 10.6. The summed E-state index contributed by atoms with van der Waals surface area (Å²) in [6.45, 7) is 3.62. The molecule has 0 aliphatic carbocycles. The fourth-order valence-electron chi connectivity index (χ4n) is 1.71. The van der Waals surface area contributed by atoms with Gasteiger partial charge in [-0.2, -0.15) is 0 Å². The van der Waals surface area contributed by atoms with Crippen LogP contribution in [0.15, 0.2) is 23.1 Å². The van der Waals surface area contributed by atoms with E-state index in [9.17, 15) is 9.90 Å². The van der Waals surface area contributed by atoms with Gasteiger partial charge in [-0.15, -0.1) is 11.8 Å². The Morgan fingerprint density at radius 1 is 1.53 bits per heavy atom. The Balaban J connectivity index is 2.32. The number of hydrogen-bond acceptors (Lipinski definition) is 4. The second-order valence-electron chi connectivity index (χ2n) is 4.31. The van der Waals surface area contributed by atoms with Crippen molar-refractivity contribution < 1.29 is 9.90 Å². The Kier molecular flexibility index (Phi) is 3.42. The third kappa shape index (κ3) is 2.46. The van der Waals surface area contributed by atoms with Gasteiger partial charge < -0.3 is 16.2 Å². The van der Waals surface area contributed by atoms with Crippen LogP contribution in [-0.2, 0) is 4.79 Å². The number of fused-ring (bicyclic) bond motifs is 1. The molecule has 1 amide bonds. The van der Waals surface area contributed by atoms with Gasteiger partial charge in [0.25, 0.3) is 0 Å². The lowest BCUT2D eigenvalue weighted by Gasteiger charge is -2.23. The highest BCUT2D eigenvalue weighted by molar-refractivity contribution is 8.00. The molecular weight excluding hydrogens is 236 g/mol. The van der Waals surface area contributed by atoms with Crippen LogP contribution < -0.4 is 11.1 Å². The van der Waals surface area contributed by atoms with Gasteiger partial charge in [0.2, 0.25) is 5.91 Å². The first-order chi connectivity index (χ1) is 7.99. The van der Waals surface area contributed by atoms with Crippen molar-refractivity contribution in [3.63, 3.8) is 0 Å². The van der Waals surface area contributed by atoms with E-state index in [2.05, 4.69) is 5.32 Å². The van der Waals surface area contributed by atoms with Gasteiger partial charge in [-0.1, -0.05) is 6.07 Å². The highest BCUT2D eigenvalue weighted by atomic mass is 32.2. The zero-order chi connectivity index (χ0) is 12.6.